The van der Waals surface area contributed by atoms with Gasteiger partial charge in [-0.2, -0.15) is 4.98 Å². The highest BCUT2D eigenvalue weighted by atomic mass is 35.5. The number of rotatable bonds is 5. The third kappa shape index (κ3) is 3.20. The first kappa shape index (κ1) is 11.9. The summed E-state index contributed by atoms with van der Waals surface area (Å²) >= 11 is 5.60. The van der Waals surface area contributed by atoms with E-state index < -0.39 is 0 Å². The third-order valence-corrected chi connectivity index (χ3v) is 2.53. The molecule has 4 nitrogen and oxygen atoms in total. The Balaban J connectivity index is 2.03. The molecule has 2 rings (SSSR count). The Morgan fingerprint density at radius 2 is 2.06 bits per heavy atom. The van der Waals surface area contributed by atoms with E-state index in [9.17, 15) is 0 Å². The third-order valence-electron chi connectivity index (χ3n) is 2.34. The maximum Gasteiger partial charge on any atom is 0.227 e. The van der Waals surface area contributed by atoms with E-state index in [1.165, 1.54) is 0 Å². The van der Waals surface area contributed by atoms with Gasteiger partial charge in [0.2, 0.25) is 5.89 Å². The van der Waals surface area contributed by atoms with Gasteiger partial charge < -0.3 is 9.26 Å². The van der Waals surface area contributed by atoms with Crippen LogP contribution < -0.4 is 4.74 Å². The largest absolute Gasteiger partial charge is 0.497 e. The number of methoxy groups -OCH3 is 1. The van der Waals surface area contributed by atoms with Crippen LogP contribution in [0.4, 0.5) is 0 Å². The summed E-state index contributed by atoms with van der Waals surface area (Å²) in [4.78, 5) is 4.24. The molecule has 0 bridgehead atoms. The fourth-order valence-corrected chi connectivity index (χ4v) is 1.63. The number of halogens is 1. The lowest BCUT2D eigenvalue weighted by molar-refractivity contribution is 0.378. The Morgan fingerprint density at radius 3 is 2.71 bits per heavy atom. The molecule has 0 aliphatic heterocycles. The quantitative estimate of drug-likeness (QED) is 0.767. The maximum absolute atomic E-state index is 5.60. The van der Waals surface area contributed by atoms with Crippen LogP contribution in [0.15, 0.2) is 28.8 Å². The monoisotopic (exact) mass is 252 g/mol. The maximum atomic E-state index is 5.60. The Morgan fingerprint density at radius 1 is 1.29 bits per heavy atom. The molecule has 17 heavy (non-hydrogen) atoms. The van der Waals surface area contributed by atoms with Gasteiger partial charge in [-0.3, -0.25) is 0 Å². The minimum Gasteiger partial charge on any atom is -0.497 e. The minimum absolute atomic E-state index is 0.490. The summed E-state index contributed by atoms with van der Waals surface area (Å²) in [5.41, 5.74) is 1.11. The second kappa shape index (κ2) is 5.68. The van der Waals surface area contributed by atoms with E-state index in [2.05, 4.69) is 10.1 Å². The molecule has 0 spiro atoms. The summed E-state index contributed by atoms with van der Waals surface area (Å²) in [6.45, 7) is 0. The molecule has 1 heterocycles. The van der Waals surface area contributed by atoms with Crippen molar-refractivity contribution in [1.29, 1.82) is 0 Å². The number of aromatic nitrogens is 2. The second-order valence-corrected chi connectivity index (χ2v) is 3.95. The lowest BCUT2D eigenvalue weighted by Gasteiger charge is -2.00. The molecule has 0 saturated heterocycles. The number of ether oxygens (including phenoxy) is 1. The minimum atomic E-state index is 0.490. The molecule has 0 radical (unpaired) electrons. The Bertz CT molecular complexity index is 468. The van der Waals surface area contributed by atoms with Gasteiger partial charge in [-0.05, 0) is 17.7 Å². The predicted octanol–water partition coefficient (Wildman–Crippen LogP) is 2.45. The first-order chi connectivity index (χ1) is 8.31. The summed E-state index contributed by atoms with van der Waals surface area (Å²) in [5, 5.41) is 3.90. The second-order valence-electron chi connectivity index (χ2n) is 3.57. The Hall–Kier alpha value is -1.55. The van der Waals surface area contributed by atoms with Crippen LogP contribution in [0.5, 0.6) is 5.75 Å². The van der Waals surface area contributed by atoms with Gasteiger partial charge in [0.15, 0.2) is 5.82 Å². The molecule has 0 aliphatic carbocycles. The zero-order valence-electron chi connectivity index (χ0n) is 9.52. The van der Waals surface area contributed by atoms with Crippen LogP contribution in [0.3, 0.4) is 0 Å². The Kier molecular flexibility index (Phi) is 3.98. The normalized spacial score (nSPS) is 10.5. The van der Waals surface area contributed by atoms with Gasteiger partial charge in [0.25, 0.3) is 0 Å². The van der Waals surface area contributed by atoms with Crippen LogP contribution >= 0.6 is 11.6 Å². The van der Waals surface area contributed by atoms with Gasteiger partial charge in [-0.1, -0.05) is 17.3 Å². The van der Waals surface area contributed by atoms with Crippen molar-refractivity contribution in [1.82, 2.24) is 10.1 Å². The van der Waals surface area contributed by atoms with Gasteiger partial charge in [0, 0.05) is 18.7 Å². The smallest absolute Gasteiger partial charge is 0.227 e. The van der Waals surface area contributed by atoms with Crippen molar-refractivity contribution in [2.75, 3.05) is 13.0 Å². The fraction of sp³-hybridized carbons (Fsp3) is 0.333. The molecule has 0 unspecified atom stereocenters. The van der Waals surface area contributed by atoms with E-state index >= 15 is 0 Å². The first-order valence-electron chi connectivity index (χ1n) is 5.32. The van der Waals surface area contributed by atoms with Crippen LogP contribution in [-0.4, -0.2) is 23.1 Å². The topological polar surface area (TPSA) is 48.2 Å². The number of nitrogens with zero attached hydrogens (tertiary/aromatic N) is 2. The SMILES string of the molecule is COc1ccc(Cc2noc(CCCl)n2)cc1. The summed E-state index contributed by atoms with van der Waals surface area (Å²) in [7, 11) is 1.65. The average molecular weight is 253 g/mol. The van der Waals surface area contributed by atoms with Crippen LogP contribution in [0.25, 0.3) is 0 Å². The summed E-state index contributed by atoms with van der Waals surface area (Å²) in [5.74, 6) is 2.59. The van der Waals surface area contributed by atoms with Crippen LogP contribution in [0.1, 0.15) is 17.3 Å². The molecule has 1 aromatic heterocycles. The van der Waals surface area contributed by atoms with Crippen molar-refractivity contribution in [3.05, 3.63) is 41.5 Å². The summed E-state index contributed by atoms with van der Waals surface area (Å²) < 4.78 is 10.1. The van der Waals surface area contributed by atoms with Gasteiger partial charge in [-0.25, -0.2) is 0 Å². The first-order valence-corrected chi connectivity index (χ1v) is 5.85. The summed E-state index contributed by atoms with van der Waals surface area (Å²) in [6, 6.07) is 7.79. The van der Waals surface area contributed by atoms with Crippen molar-refractivity contribution < 1.29 is 9.26 Å². The van der Waals surface area contributed by atoms with E-state index in [-0.39, 0.29) is 0 Å². The molecule has 0 N–H and O–H groups in total. The molecular formula is C12H13ClN2O2. The van der Waals surface area contributed by atoms with Gasteiger partial charge in [0.1, 0.15) is 5.75 Å². The summed E-state index contributed by atoms with van der Waals surface area (Å²) in [6.07, 6.45) is 1.26. The van der Waals surface area contributed by atoms with Gasteiger partial charge in [-0.15, -0.1) is 11.6 Å². The van der Waals surface area contributed by atoms with E-state index in [0.717, 1.165) is 11.3 Å². The number of alkyl halides is 1. The Labute approximate surface area is 105 Å². The molecule has 0 atom stereocenters. The molecule has 5 heteroatoms. The predicted molar refractivity (Wildman–Crippen MR) is 64.5 cm³/mol. The fourth-order valence-electron chi connectivity index (χ4n) is 1.47. The molecule has 0 aliphatic rings. The highest BCUT2D eigenvalue weighted by Crippen LogP contribution is 2.13. The van der Waals surface area contributed by atoms with Crippen molar-refractivity contribution in [2.45, 2.75) is 12.8 Å². The number of hydrogen-bond donors (Lipinski definition) is 0. The molecule has 0 amide bonds. The van der Waals surface area contributed by atoms with Crippen LogP contribution in [0, 0.1) is 0 Å². The van der Waals surface area contributed by atoms with Crippen molar-refractivity contribution >= 4 is 11.6 Å². The zero-order chi connectivity index (χ0) is 12.1. The van der Waals surface area contributed by atoms with Crippen LogP contribution in [-0.2, 0) is 12.8 Å². The molecular weight excluding hydrogens is 240 g/mol. The highest BCUT2D eigenvalue weighted by molar-refractivity contribution is 6.17. The zero-order valence-corrected chi connectivity index (χ0v) is 10.3. The molecule has 0 fully saturated rings. The van der Waals surface area contributed by atoms with Crippen molar-refractivity contribution in [3.8, 4) is 5.75 Å². The van der Waals surface area contributed by atoms with E-state index in [1.807, 2.05) is 24.3 Å². The molecule has 90 valence electrons. The molecule has 1 aromatic carbocycles. The van der Waals surface area contributed by atoms with Crippen LogP contribution in [0.2, 0.25) is 0 Å². The lowest BCUT2D eigenvalue weighted by atomic mass is 10.1. The average Bonchev–Trinajstić information content (AvgIpc) is 2.78. The molecule has 0 saturated carbocycles. The number of hydrogen-bond acceptors (Lipinski definition) is 4. The lowest BCUT2D eigenvalue weighted by Crippen LogP contribution is -1.92. The van der Waals surface area contributed by atoms with E-state index in [1.54, 1.807) is 7.11 Å². The molecule has 2 aromatic rings. The van der Waals surface area contributed by atoms with E-state index in [0.29, 0.717) is 30.4 Å². The van der Waals surface area contributed by atoms with Crippen molar-refractivity contribution in [3.63, 3.8) is 0 Å². The number of benzene rings is 1. The van der Waals surface area contributed by atoms with E-state index in [4.69, 9.17) is 20.9 Å². The van der Waals surface area contributed by atoms with Gasteiger partial charge >= 0.3 is 0 Å². The van der Waals surface area contributed by atoms with Gasteiger partial charge in [0.05, 0.1) is 7.11 Å². The number of aryl methyl sites for hydroxylation is 1. The van der Waals surface area contributed by atoms with Crippen molar-refractivity contribution in [2.24, 2.45) is 0 Å². The standard InChI is InChI=1S/C12H13ClN2O2/c1-16-10-4-2-9(3-5-10)8-11-14-12(6-7-13)17-15-11/h2-5H,6-8H2,1H3. The highest BCUT2D eigenvalue weighted by Gasteiger charge is 2.06.